The molecule has 1 atom stereocenters. The third-order valence-electron chi connectivity index (χ3n) is 3.68. The minimum absolute atomic E-state index is 0.0188. The van der Waals surface area contributed by atoms with Crippen LogP contribution in [-0.2, 0) is 14.8 Å². The molecule has 0 heterocycles. The summed E-state index contributed by atoms with van der Waals surface area (Å²) in [5.74, 6) is -0.956. The molecule has 2 rings (SSSR count). The Hall–Kier alpha value is -1.60. The van der Waals surface area contributed by atoms with Crippen molar-refractivity contribution >= 4 is 21.7 Å². The van der Waals surface area contributed by atoms with Crippen LogP contribution in [0.25, 0.3) is 0 Å². The van der Waals surface area contributed by atoms with Gasteiger partial charge in [-0.15, -0.1) is 0 Å². The van der Waals surface area contributed by atoms with E-state index in [0.717, 1.165) is 12.8 Å². The Morgan fingerprint density at radius 3 is 2.45 bits per heavy atom. The van der Waals surface area contributed by atoms with Crippen molar-refractivity contribution in [2.45, 2.75) is 30.2 Å². The molecule has 20 heavy (non-hydrogen) atoms. The predicted octanol–water partition coefficient (Wildman–Crippen LogP) is 1.26. The van der Waals surface area contributed by atoms with Crippen LogP contribution < -0.4 is 10.0 Å². The first kappa shape index (κ1) is 14.8. The number of aliphatic carboxylic acids is 1. The number of hydrogen-bond donors (Lipinski definition) is 3. The van der Waals surface area contributed by atoms with E-state index in [1.54, 1.807) is 25.1 Å². The summed E-state index contributed by atoms with van der Waals surface area (Å²) in [6, 6.07) is 6.30. The second-order valence-corrected chi connectivity index (χ2v) is 6.97. The number of carboxylic acids is 1. The van der Waals surface area contributed by atoms with Gasteiger partial charge in [-0.25, -0.2) is 17.9 Å². The van der Waals surface area contributed by atoms with E-state index < -0.39 is 21.5 Å². The first-order chi connectivity index (χ1) is 9.31. The molecule has 1 aromatic rings. The largest absolute Gasteiger partial charge is 0.480 e. The quantitative estimate of drug-likeness (QED) is 0.735. The van der Waals surface area contributed by atoms with E-state index in [2.05, 4.69) is 10.0 Å². The van der Waals surface area contributed by atoms with Crippen molar-refractivity contribution in [1.82, 2.24) is 4.72 Å². The molecule has 0 bridgehead atoms. The first-order valence-corrected chi connectivity index (χ1v) is 7.83. The van der Waals surface area contributed by atoms with E-state index in [4.69, 9.17) is 0 Å². The summed E-state index contributed by atoms with van der Waals surface area (Å²) in [6.07, 6.45) is 1.66. The van der Waals surface area contributed by atoms with Gasteiger partial charge in [-0.1, -0.05) is 12.1 Å². The Balaban J connectivity index is 2.41. The Labute approximate surface area is 118 Å². The monoisotopic (exact) mass is 298 g/mol. The highest BCUT2D eigenvalue weighted by Gasteiger charge is 2.48. The second kappa shape index (κ2) is 5.06. The van der Waals surface area contributed by atoms with Crippen molar-refractivity contribution in [3.63, 3.8) is 0 Å². The molecule has 3 N–H and O–H groups in total. The molecule has 1 saturated carbocycles. The average molecular weight is 298 g/mol. The van der Waals surface area contributed by atoms with Crippen LogP contribution in [0.3, 0.4) is 0 Å². The van der Waals surface area contributed by atoms with E-state index >= 15 is 0 Å². The third-order valence-corrected chi connectivity index (χ3v) is 5.15. The van der Waals surface area contributed by atoms with Crippen LogP contribution in [-0.4, -0.2) is 32.1 Å². The molecule has 0 spiro atoms. The van der Waals surface area contributed by atoms with E-state index in [1.807, 2.05) is 0 Å². The highest BCUT2D eigenvalue weighted by molar-refractivity contribution is 7.89. The van der Waals surface area contributed by atoms with Gasteiger partial charge >= 0.3 is 5.97 Å². The lowest BCUT2D eigenvalue weighted by Gasteiger charge is -2.28. The Kier molecular flexibility index (Phi) is 3.75. The maximum Gasteiger partial charge on any atom is 0.329 e. The van der Waals surface area contributed by atoms with Crippen LogP contribution >= 0.6 is 0 Å². The summed E-state index contributed by atoms with van der Waals surface area (Å²) in [5.41, 5.74) is -0.849. The molecule has 1 aromatic carbocycles. The molecule has 0 radical (unpaired) electrons. The van der Waals surface area contributed by atoms with Gasteiger partial charge in [0.1, 0.15) is 10.4 Å². The van der Waals surface area contributed by atoms with E-state index in [1.165, 1.54) is 13.1 Å². The van der Waals surface area contributed by atoms with Crippen molar-refractivity contribution in [2.75, 3.05) is 12.4 Å². The summed E-state index contributed by atoms with van der Waals surface area (Å²) >= 11 is 0. The number of carboxylic acid groups (broad SMARTS) is 1. The zero-order valence-electron chi connectivity index (χ0n) is 11.4. The zero-order valence-corrected chi connectivity index (χ0v) is 12.2. The van der Waals surface area contributed by atoms with Crippen molar-refractivity contribution < 1.29 is 18.3 Å². The summed E-state index contributed by atoms with van der Waals surface area (Å²) in [7, 11) is -2.31. The van der Waals surface area contributed by atoms with E-state index in [9.17, 15) is 18.3 Å². The van der Waals surface area contributed by atoms with Gasteiger partial charge < -0.3 is 10.4 Å². The van der Waals surface area contributed by atoms with Gasteiger partial charge in [-0.05, 0) is 44.9 Å². The zero-order chi connectivity index (χ0) is 15.0. The van der Waals surface area contributed by atoms with Gasteiger partial charge in [0, 0.05) is 0 Å². The Morgan fingerprint density at radius 2 is 1.95 bits per heavy atom. The summed E-state index contributed by atoms with van der Waals surface area (Å²) in [5, 5.41) is 12.3. The van der Waals surface area contributed by atoms with Crippen LogP contribution in [0.2, 0.25) is 0 Å². The summed E-state index contributed by atoms with van der Waals surface area (Å²) in [6.45, 7) is 1.59. The Morgan fingerprint density at radius 1 is 1.35 bits per heavy atom. The number of rotatable bonds is 6. The average Bonchev–Trinajstić information content (AvgIpc) is 3.23. The molecule has 1 aliphatic carbocycles. The molecule has 7 heteroatoms. The van der Waals surface area contributed by atoms with Gasteiger partial charge in [0.15, 0.2) is 0 Å². The number of sulfonamides is 1. The predicted molar refractivity (Wildman–Crippen MR) is 75.1 cm³/mol. The van der Waals surface area contributed by atoms with Gasteiger partial charge in [0.25, 0.3) is 0 Å². The molecule has 110 valence electrons. The normalized spacial score (nSPS) is 18.3. The van der Waals surface area contributed by atoms with Crippen LogP contribution in [0.5, 0.6) is 0 Å². The Bertz CT molecular complexity index is 625. The molecular weight excluding hydrogens is 280 g/mol. The van der Waals surface area contributed by atoms with Crippen LogP contribution in [0, 0.1) is 5.92 Å². The molecule has 0 saturated heterocycles. The number of carbonyl (C=O) groups is 1. The summed E-state index contributed by atoms with van der Waals surface area (Å²) in [4.78, 5) is 11.6. The lowest BCUT2D eigenvalue weighted by Crippen LogP contribution is -2.46. The smallest absolute Gasteiger partial charge is 0.329 e. The van der Waals surface area contributed by atoms with Crippen LogP contribution in [0.4, 0.5) is 5.69 Å². The fraction of sp³-hybridized carbons (Fsp3) is 0.462. The standard InChI is InChI=1S/C13H18N2O4S/c1-13(12(16)17,9-7-8-9)15-10-5-3-4-6-11(10)20(18,19)14-2/h3-6,9,14-15H,7-8H2,1-2H3,(H,16,17). The van der Waals surface area contributed by atoms with E-state index in [0.29, 0.717) is 5.69 Å². The highest BCUT2D eigenvalue weighted by Crippen LogP contribution is 2.42. The molecular formula is C13H18N2O4S. The molecule has 1 fully saturated rings. The highest BCUT2D eigenvalue weighted by atomic mass is 32.2. The van der Waals surface area contributed by atoms with Crippen molar-refractivity contribution in [3.8, 4) is 0 Å². The SMILES string of the molecule is CNS(=O)(=O)c1ccccc1NC(C)(C(=O)O)C1CC1. The van der Waals surface area contributed by atoms with Gasteiger partial charge in [0.05, 0.1) is 5.69 Å². The van der Waals surface area contributed by atoms with E-state index in [-0.39, 0.29) is 10.8 Å². The van der Waals surface area contributed by atoms with Crippen molar-refractivity contribution in [2.24, 2.45) is 5.92 Å². The number of benzene rings is 1. The number of nitrogens with one attached hydrogen (secondary N) is 2. The lowest BCUT2D eigenvalue weighted by molar-refractivity contribution is -0.142. The number of hydrogen-bond acceptors (Lipinski definition) is 4. The van der Waals surface area contributed by atoms with Gasteiger partial charge in [-0.2, -0.15) is 0 Å². The second-order valence-electron chi connectivity index (χ2n) is 5.11. The first-order valence-electron chi connectivity index (χ1n) is 6.35. The fourth-order valence-corrected chi connectivity index (χ4v) is 3.07. The molecule has 0 amide bonds. The minimum Gasteiger partial charge on any atom is -0.480 e. The van der Waals surface area contributed by atoms with Crippen molar-refractivity contribution in [1.29, 1.82) is 0 Å². The number of anilines is 1. The molecule has 1 aliphatic rings. The third kappa shape index (κ3) is 2.64. The van der Waals surface area contributed by atoms with Gasteiger partial charge in [-0.3, -0.25) is 0 Å². The molecule has 0 aromatic heterocycles. The summed E-state index contributed by atoms with van der Waals surface area (Å²) < 4.78 is 26.2. The number of para-hydroxylation sites is 1. The fourth-order valence-electron chi connectivity index (χ4n) is 2.18. The van der Waals surface area contributed by atoms with Crippen LogP contribution in [0.15, 0.2) is 29.2 Å². The topological polar surface area (TPSA) is 95.5 Å². The lowest BCUT2D eigenvalue weighted by atomic mass is 9.95. The van der Waals surface area contributed by atoms with Crippen molar-refractivity contribution in [3.05, 3.63) is 24.3 Å². The minimum atomic E-state index is -3.64. The molecule has 1 unspecified atom stereocenters. The van der Waals surface area contributed by atoms with Gasteiger partial charge in [0.2, 0.25) is 10.0 Å². The molecule has 0 aliphatic heterocycles. The maximum atomic E-state index is 12.0. The maximum absolute atomic E-state index is 12.0. The molecule has 6 nitrogen and oxygen atoms in total. The van der Waals surface area contributed by atoms with Crippen LogP contribution in [0.1, 0.15) is 19.8 Å².